The van der Waals surface area contributed by atoms with Gasteiger partial charge in [0.05, 0.1) is 12.0 Å². The zero-order valence-corrected chi connectivity index (χ0v) is 13.3. The Hall–Kier alpha value is -2.19. The molecule has 2 rings (SSSR count). The molecule has 1 fully saturated rings. The number of nitro benzene ring substituents is 1. The summed E-state index contributed by atoms with van der Waals surface area (Å²) in [6, 6.07) is 5.22. The first kappa shape index (κ1) is 17.2. The summed E-state index contributed by atoms with van der Waals surface area (Å²) in [6.07, 6.45) is 0. The van der Waals surface area contributed by atoms with Crippen molar-refractivity contribution in [1.29, 1.82) is 0 Å². The normalized spacial score (nSPS) is 18.4. The van der Waals surface area contributed by atoms with Crippen molar-refractivity contribution >= 4 is 11.7 Å². The predicted octanol–water partition coefficient (Wildman–Crippen LogP) is 0.940. The molecule has 1 aromatic carbocycles. The van der Waals surface area contributed by atoms with E-state index in [0.717, 1.165) is 25.2 Å². The Bertz CT molecular complexity index is 578. The van der Waals surface area contributed by atoms with Crippen LogP contribution in [0, 0.1) is 10.1 Å². The van der Waals surface area contributed by atoms with Crippen molar-refractivity contribution in [2.45, 2.75) is 19.5 Å². The van der Waals surface area contributed by atoms with Crippen molar-refractivity contribution in [3.05, 3.63) is 33.9 Å². The molecule has 0 bridgehead atoms. The number of methoxy groups -OCH3 is 1. The van der Waals surface area contributed by atoms with Crippen LogP contribution in [0.15, 0.2) is 18.2 Å². The van der Waals surface area contributed by atoms with Crippen LogP contribution in [0.2, 0.25) is 0 Å². The third kappa shape index (κ3) is 4.90. The molecule has 1 N–H and O–H groups in total. The van der Waals surface area contributed by atoms with E-state index in [1.54, 1.807) is 6.07 Å². The van der Waals surface area contributed by atoms with Crippen LogP contribution in [0.25, 0.3) is 0 Å². The van der Waals surface area contributed by atoms with Crippen LogP contribution in [0.4, 0.5) is 5.69 Å². The molecule has 0 spiro atoms. The van der Waals surface area contributed by atoms with E-state index in [-0.39, 0.29) is 18.0 Å². The van der Waals surface area contributed by atoms with Gasteiger partial charge in [-0.05, 0) is 18.6 Å². The van der Waals surface area contributed by atoms with Gasteiger partial charge in [0.2, 0.25) is 0 Å². The minimum absolute atomic E-state index is 0.0674. The summed E-state index contributed by atoms with van der Waals surface area (Å²) in [5, 5.41) is 14.6. The van der Waals surface area contributed by atoms with Gasteiger partial charge in [-0.1, -0.05) is 6.07 Å². The van der Waals surface area contributed by atoms with Gasteiger partial charge >= 0.3 is 11.7 Å². The molecule has 0 unspecified atom stereocenters. The molecular formula is C15H21N3O5. The highest BCUT2D eigenvalue weighted by Gasteiger charge is 2.20. The van der Waals surface area contributed by atoms with Gasteiger partial charge < -0.3 is 14.8 Å². The van der Waals surface area contributed by atoms with Crippen LogP contribution in [0.5, 0.6) is 5.75 Å². The van der Waals surface area contributed by atoms with E-state index in [1.165, 1.54) is 19.2 Å². The molecule has 1 heterocycles. The molecule has 1 saturated heterocycles. The highest BCUT2D eigenvalue weighted by Crippen LogP contribution is 2.28. The van der Waals surface area contributed by atoms with Gasteiger partial charge in [0.15, 0.2) is 12.4 Å². The largest absolute Gasteiger partial charge is 0.475 e. The number of benzene rings is 1. The Balaban J connectivity index is 2.08. The summed E-state index contributed by atoms with van der Waals surface area (Å²) in [5.41, 5.74) is 0.700. The molecule has 0 saturated carbocycles. The average molecular weight is 323 g/mol. The summed E-state index contributed by atoms with van der Waals surface area (Å²) in [6.45, 7) is 5.10. The van der Waals surface area contributed by atoms with Crippen LogP contribution in [-0.4, -0.2) is 55.2 Å². The predicted molar refractivity (Wildman–Crippen MR) is 83.3 cm³/mol. The fraction of sp³-hybridized carbons (Fsp3) is 0.533. The fourth-order valence-corrected chi connectivity index (χ4v) is 2.54. The molecular weight excluding hydrogens is 302 g/mol. The topological polar surface area (TPSA) is 93.9 Å². The van der Waals surface area contributed by atoms with E-state index in [2.05, 4.69) is 21.9 Å². The molecule has 1 aromatic rings. The van der Waals surface area contributed by atoms with Gasteiger partial charge in [-0.2, -0.15) is 0 Å². The summed E-state index contributed by atoms with van der Waals surface area (Å²) < 4.78 is 9.63. The summed E-state index contributed by atoms with van der Waals surface area (Å²) in [5.74, 6) is -0.518. The highest BCUT2D eigenvalue weighted by molar-refractivity contribution is 5.71. The Kier molecular flexibility index (Phi) is 5.89. The molecule has 23 heavy (non-hydrogen) atoms. The van der Waals surface area contributed by atoms with E-state index in [9.17, 15) is 14.9 Å². The van der Waals surface area contributed by atoms with Gasteiger partial charge in [-0.3, -0.25) is 15.0 Å². The number of nitrogens with zero attached hydrogens (tertiary/aromatic N) is 2. The Morgan fingerprint density at radius 2 is 2.30 bits per heavy atom. The SMILES string of the molecule is COC(=O)COc1ccc(CN2CCN[C@H](C)C2)cc1[N+](=O)[O-]. The number of rotatable bonds is 6. The van der Waals surface area contributed by atoms with Crippen LogP contribution >= 0.6 is 0 Å². The molecule has 1 atom stereocenters. The van der Waals surface area contributed by atoms with Crippen LogP contribution < -0.4 is 10.1 Å². The zero-order valence-electron chi connectivity index (χ0n) is 13.3. The van der Waals surface area contributed by atoms with E-state index < -0.39 is 10.9 Å². The molecule has 126 valence electrons. The van der Waals surface area contributed by atoms with Crippen LogP contribution in [0.1, 0.15) is 12.5 Å². The number of nitrogens with one attached hydrogen (secondary N) is 1. The standard InChI is InChI=1S/C15H21N3O5/c1-11-8-17(6-5-16-11)9-12-3-4-14(13(7-12)18(20)21)23-10-15(19)22-2/h3-4,7,11,16H,5-6,8-10H2,1-2H3/t11-/m1/s1. The van der Waals surface area contributed by atoms with Gasteiger partial charge in [-0.15, -0.1) is 0 Å². The van der Waals surface area contributed by atoms with Gasteiger partial charge in [0.1, 0.15) is 0 Å². The Morgan fingerprint density at radius 3 is 2.96 bits per heavy atom. The number of ether oxygens (including phenoxy) is 2. The van der Waals surface area contributed by atoms with Crippen molar-refractivity contribution in [2.75, 3.05) is 33.4 Å². The lowest BCUT2D eigenvalue weighted by Crippen LogP contribution is -2.48. The molecule has 0 aromatic heterocycles. The Labute approximate surface area is 134 Å². The first-order chi connectivity index (χ1) is 11.0. The highest BCUT2D eigenvalue weighted by atomic mass is 16.6. The smallest absolute Gasteiger partial charge is 0.343 e. The molecule has 8 nitrogen and oxygen atoms in total. The quantitative estimate of drug-likeness (QED) is 0.473. The maximum Gasteiger partial charge on any atom is 0.343 e. The fourth-order valence-electron chi connectivity index (χ4n) is 2.54. The summed E-state index contributed by atoms with van der Waals surface area (Å²) in [4.78, 5) is 24.1. The third-order valence-corrected chi connectivity index (χ3v) is 3.65. The molecule has 1 aliphatic heterocycles. The minimum Gasteiger partial charge on any atom is -0.475 e. The second-order valence-corrected chi connectivity index (χ2v) is 5.51. The van der Waals surface area contributed by atoms with E-state index in [1.807, 2.05) is 0 Å². The molecule has 0 aliphatic carbocycles. The van der Waals surface area contributed by atoms with Gasteiger partial charge in [0, 0.05) is 38.3 Å². The number of hydrogen-bond acceptors (Lipinski definition) is 7. The number of hydrogen-bond donors (Lipinski definition) is 1. The van der Waals surface area contributed by atoms with E-state index in [4.69, 9.17) is 4.74 Å². The molecule has 0 radical (unpaired) electrons. The van der Waals surface area contributed by atoms with Crippen molar-refractivity contribution < 1.29 is 19.2 Å². The lowest BCUT2D eigenvalue weighted by atomic mass is 10.1. The average Bonchev–Trinajstić information content (AvgIpc) is 2.53. The molecule has 0 amide bonds. The molecule has 8 heteroatoms. The number of esters is 1. The van der Waals surface area contributed by atoms with Gasteiger partial charge in [-0.25, -0.2) is 4.79 Å². The lowest BCUT2D eigenvalue weighted by Gasteiger charge is -2.31. The minimum atomic E-state index is -0.585. The zero-order chi connectivity index (χ0) is 16.8. The van der Waals surface area contributed by atoms with Crippen molar-refractivity contribution in [3.63, 3.8) is 0 Å². The first-order valence-electron chi connectivity index (χ1n) is 7.42. The van der Waals surface area contributed by atoms with E-state index >= 15 is 0 Å². The van der Waals surface area contributed by atoms with Gasteiger partial charge in [0.25, 0.3) is 0 Å². The lowest BCUT2D eigenvalue weighted by molar-refractivity contribution is -0.385. The molecule has 1 aliphatic rings. The summed E-state index contributed by atoms with van der Waals surface area (Å²) >= 11 is 0. The number of carbonyl (C=O) groups is 1. The van der Waals surface area contributed by atoms with Crippen molar-refractivity contribution in [1.82, 2.24) is 10.2 Å². The second kappa shape index (κ2) is 7.89. The van der Waals surface area contributed by atoms with Crippen molar-refractivity contribution in [3.8, 4) is 5.75 Å². The van der Waals surface area contributed by atoms with Crippen LogP contribution in [0.3, 0.4) is 0 Å². The number of carbonyl (C=O) groups excluding carboxylic acids is 1. The maximum absolute atomic E-state index is 11.2. The third-order valence-electron chi connectivity index (χ3n) is 3.65. The second-order valence-electron chi connectivity index (χ2n) is 5.51. The van der Waals surface area contributed by atoms with E-state index in [0.29, 0.717) is 12.6 Å². The Morgan fingerprint density at radius 1 is 1.52 bits per heavy atom. The monoisotopic (exact) mass is 323 g/mol. The number of nitro groups is 1. The first-order valence-corrected chi connectivity index (χ1v) is 7.42. The summed E-state index contributed by atoms with van der Waals surface area (Å²) in [7, 11) is 1.23. The van der Waals surface area contributed by atoms with Crippen molar-refractivity contribution in [2.24, 2.45) is 0 Å². The maximum atomic E-state index is 11.2. The van der Waals surface area contributed by atoms with Crippen LogP contribution in [-0.2, 0) is 16.1 Å². The number of piperazine rings is 1.